The molecule has 0 aliphatic heterocycles. The summed E-state index contributed by atoms with van der Waals surface area (Å²) in [5, 5.41) is 0. The third-order valence-corrected chi connectivity index (χ3v) is 8.49. The van der Waals surface area contributed by atoms with Gasteiger partial charge in [0.15, 0.2) is 0 Å². The van der Waals surface area contributed by atoms with Crippen LogP contribution in [-0.2, 0) is 41.5 Å². The van der Waals surface area contributed by atoms with Gasteiger partial charge in [-0.2, -0.15) is 95.6 Å². The van der Waals surface area contributed by atoms with Crippen LogP contribution in [0.2, 0.25) is 0 Å². The molecule has 0 atom stereocenters. The van der Waals surface area contributed by atoms with Crippen LogP contribution in [0.3, 0.4) is 0 Å². The van der Waals surface area contributed by atoms with E-state index in [1.54, 1.807) is 0 Å². The maximum absolute atomic E-state index is 3.69. The molecular weight excluding hydrogens is 656 g/mol. The van der Waals surface area contributed by atoms with Gasteiger partial charge >= 0.3 is 28.4 Å². The molecule has 0 fully saturated rings. The van der Waals surface area contributed by atoms with Crippen LogP contribution in [0.15, 0.2) is 85.0 Å². The quantitative estimate of drug-likeness (QED) is 0.160. The molecule has 0 amide bonds. The number of allylic oxidation sites excluding steroid dienone is 4. The minimum absolute atomic E-state index is 0.163. The summed E-state index contributed by atoms with van der Waals surface area (Å²) in [6.07, 6.45) is 11.0. The Kier molecular flexibility index (Phi) is 16.6. The van der Waals surface area contributed by atoms with Crippen molar-refractivity contribution in [3.8, 4) is 11.1 Å². The van der Waals surface area contributed by atoms with E-state index in [4.69, 9.17) is 0 Å². The molecule has 0 heterocycles. The van der Waals surface area contributed by atoms with E-state index in [1.807, 2.05) is 36.4 Å². The van der Waals surface area contributed by atoms with Gasteiger partial charge in [0.25, 0.3) is 0 Å². The maximum atomic E-state index is 3.69. The van der Waals surface area contributed by atoms with E-state index >= 15 is 0 Å². The molecule has 0 saturated carbocycles. The molecule has 0 N–H and O–H groups in total. The second kappa shape index (κ2) is 19.3. The Morgan fingerprint density at radius 2 is 1.17 bits per heavy atom. The first-order valence-corrected chi connectivity index (χ1v) is 19.0. The van der Waals surface area contributed by atoms with E-state index < -0.39 is 0 Å². The Hall–Kier alpha value is -2.89. The molecule has 1 heteroatoms. The van der Waals surface area contributed by atoms with Gasteiger partial charge in [-0.3, -0.25) is 6.08 Å². The first-order chi connectivity index (χ1) is 22.6. The van der Waals surface area contributed by atoms with Crippen molar-refractivity contribution in [1.29, 1.82) is 0 Å². The third kappa shape index (κ3) is 12.5. The predicted octanol–water partition coefficient (Wildman–Crippen LogP) is 12.8. The fourth-order valence-corrected chi connectivity index (χ4v) is 5.93. The number of fused-ring (bicyclic) bond motifs is 3. The average Bonchev–Trinajstić information content (AvgIpc) is 3.73. The van der Waals surface area contributed by atoms with Crippen LogP contribution < -0.4 is 0 Å². The van der Waals surface area contributed by atoms with Gasteiger partial charge in [-0.15, -0.1) is 23.1 Å². The third-order valence-electron chi connectivity index (χ3n) is 8.49. The molecule has 0 saturated heterocycles. The summed E-state index contributed by atoms with van der Waals surface area (Å²) in [6.45, 7) is 27.0. The van der Waals surface area contributed by atoms with Crippen molar-refractivity contribution in [3.05, 3.63) is 154 Å². The molecule has 4 aromatic carbocycles. The Labute approximate surface area is 310 Å². The van der Waals surface area contributed by atoms with Crippen LogP contribution in [0.4, 0.5) is 0 Å². The van der Waals surface area contributed by atoms with Crippen LogP contribution in [0.25, 0.3) is 11.1 Å². The molecule has 4 aromatic rings. The van der Waals surface area contributed by atoms with Gasteiger partial charge in [-0.1, -0.05) is 99.3 Å². The van der Waals surface area contributed by atoms with Crippen molar-refractivity contribution in [2.45, 2.75) is 119 Å². The topological polar surface area (TPSA) is 0 Å². The second-order valence-corrected chi connectivity index (χ2v) is 15.2. The first kappa shape index (κ1) is 41.3. The summed E-state index contributed by atoms with van der Waals surface area (Å²) in [5.74, 6) is 1.28. The molecule has 0 spiro atoms. The van der Waals surface area contributed by atoms with Crippen LogP contribution in [0.1, 0.15) is 132 Å². The second-order valence-electron chi connectivity index (χ2n) is 15.2. The van der Waals surface area contributed by atoms with Crippen molar-refractivity contribution >= 4 is 4.21 Å². The SMILES string of the molecule is CC(C)c1cc[c-]cc1.CC(C)c1cc[c-]cc1.Cc1[c-]c2c(cc1C(C)(C)C)-c1cc(C(C)(C)C)c(C)cc1C2.[C-]1=CC=CC1.[CH2]=[Zr]. The molecule has 0 bridgehead atoms. The molecule has 2 aliphatic carbocycles. The standard InChI is InChI=1S/C23H29.2C9H11.C5H5.CH2.Zr/c1-14-9-16-11-17-10-15(2)21(23(6,7)8)13-19(17)18(16)12-20(14)22(3,4)5;2*1-8(2)9-6-4-3-5-7-9;1-2-4-5-3-1;;/h9,12-13H,11H2,1-8H3;2*4-8H,1-2H3;1-3H,4H2;1H2;/q4*-1;;. The number of benzene rings is 4. The monoisotopic (exact) mass is 712 g/mol. The van der Waals surface area contributed by atoms with Gasteiger partial charge in [0, 0.05) is 0 Å². The molecule has 254 valence electrons. The fourth-order valence-electron chi connectivity index (χ4n) is 5.93. The van der Waals surface area contributed by atoms with E-state index in [2.05, 4.69) is 160 Å². The normalized spacial score (nSPS) is 12.4. The van der Waals surface area contributed by atoms with Crippen molar-refractivity contribution < 1.29 is 24.2 Å². The Morgan fingerprint density at radius 3 is 1.52 bits per heavy atom. The molecule has 48 heavy (non-hydrogen) atoms. The molecular formula is C47H58Zr-4. The number of hydrogen-bond acceptors (Lipinski definition) is 0. The summed E-state index contributed by atoms with van der Waals surface area (Å²) < 4.78 is 3.34. The van der Waals surface area contributed by atoms with Gasteiger partial charge in [-0.05, 0) is 47.3 Å². The van der Waals surface area contributed by atoms with Gasteiger partial charge in [0.1, 0.15) is 0 Å². The summed E-state index contributed by atoms with van der Waals surface area (Å²) >= 11 is 1.30. The Bertz CT molecular complexity index is 1480. The predicted molar refractivity (Wildman–Crippen MR) is 208 cm³/mol. The zero-order valence-corrected chi connectivity index (χ0v) is 34.3. The van der Waals surface area contributed by atoms with Crippen molar-refractivity contribution in [3.63, 3.8) is 0 Å². The van der Waals surface area contributed by atoms with Crippen LogP contribution in [-0.4, -0.2) is 4.21 Å². The number of aryl methyl sites for hydroxylation is 2. The fraction of sp³-hybridized carbons (Fsp3) is 0.383. The van der Waals surface area contributed by atoms with E-state index in [0.717, 1.165) is 12.8 Å². The van der Waals surface area contributed by atoms with E-state index in [0.29, 0.717) is 11.8 Å². The van der Waals surface area contributed by atoms with Gasteiger partial charge in [0.2, 0.25) is 0 Å². The number of rotatable bonds is 2. The molecule has 0 nitrogen and oxygen atoms in total. The average molecular weight is 714 g/mol. The first-order valence-electron chi connectivity index (χ1n) is 17.3. The van der Waals surface area contributed by atoms with E-state index in [-0.39, 0.29) is 10.8 Å². The zero-order valence-electron chi connectivity index (χ0n) is 31.9. The van der Waals surface area contributed by atoms with Crippen molar-refractivity contribution in [2.75, 3.05) is 0 Å². The van der Waals surface area contributed by atoms with Gasteiger partial charge in [-0.25, -0.2) is 12.2 Å². The Balaban J connectivity index is 0.000000261. The van der Waals surface area contributed by atoms with Crippen LogP contribution in [0.5, 0.6) is 0 Å². The zero-order chi connectivity index (χ0) is 36.1. The molecule has 0 radical (unpaired) electrons. The van der Waals surface area contributed by atoms with Crippen LogP contribution >= 0.6 is 0 Å². The molecule has 0 aromatic heterocycles. The van der Waals surface area contributed by atoms with E-state index in [9.17, 15) is 0 Å². The van der Waals surface area contributed by atoms with Gasteiger partial charge in [0.05, 0.1) is 0 Å². The van der Waals surface area contributed by atoms with E-state index in [1.165, 1.54) is 79.9 Å². The summed E-state index contributed by atoms with van der Waals surface area (Å²) in [6, 6.07) is 33.1. The summed E-state index contributed by atoms with van der Waals surface area (Å²) in [5.41, 5.74) is 14.4. The van der Waals surface area contributed by atoms with Crippen molar-refractivity contribution in [2.24, 2.45) is 0 Å². The Morgan fingerprint density at radius 1 is 0.688 bits per heavy atom. The van der Waals surface area contributed by atoms with Crippen LogP contribution in [0, 0.1) is 38.1 Å². The summed E-state index contributed by atoms with van der Waals surface area (Å²) in [7, 11) is 0. The minimum atomic E-state index is 0.163. The summed E-state index contributed by atoms with van der Waals surface area (Å²) in [4.78, 5) is 0. The van der Waals surface area contributed by atoms with Crippen molar-refractivity contribution in [1.82, 2.24) is 0 Å². The molecule has 0 unspecified atom stereocenters. The molecule has 6 rings (SSSR count). The number of hydrogen-bond donors (Lipinski definition) is 0. The van der Waals surface area contributed by atoms with Gasteiger partial charge < -0.3 is 0 Å². The molecule has 2 aliphatic rings.